The Morgan fingerprint density at radius 2 is 0.984 bits per heavy atom. The summed E-state index contributed by atoms with van der Waals surface area (Å²) in [6.45, 7) is 21.2. The van der Waals surface area contributed by atoms with Gasteiger partial charge in [0.15, 0.2) is 7.28 Å². The summed E-state index contributed by atoms with van der Waals surface area (Å²) in [6, 6.07) is 56.1. The lowest BCUT2D eigenvalue weighted by atomic mass is 9.58. The summed E-state index contributed by atoms with van der Waals surface area (Å²) in [5.74, 6) is 0. The molecule has 1 radical (unpaired) electrons. The molecule has 0 atom stereocenters. The molecule has 2 nitrogen and oxygen atoms in total. The molecule has 9 aromatic rings. The van der Waals surface area contributed by atoms with E-state index in [9.17, 15) is 0 Å². The summed E-state index contributed by atoms with van der Waals surface area (Å²) in [4.78, 5) is 0. The highest BCUT2D eigenvalue weighted by atomic mass is 15.0. The highest BCUT2D eigenvalue weighted by Crippen LogP contribution is 2.55. The first-order valence-electron chi connectivity index (χ1n) is 23.2. The molecule has 1 aliphatic heterocycles. The molecule has 2 heterocycles. The van der Waals surface area contributed by atoms with Gasteiger partial charge in [-0.15, -0.1) is 0 Å². The third kappa shape index (κ3) is 4.88. The highest BCUT2D eigenvalue weighted by molar-refractivity contribution is 6.73. The van der Waals surface area contributed by atoms with E-state index in [1.807, 2.05) is 0 Å². The van der Waals surface area contributed by atoms with E-state index in [0.29, 0.717) is 0 Å². The Labute approximate surface area is 378 Å². The van der Waals surface area contributed by atoms with Gasteiger partial charge in [0.2, 0.25) is 0 Å². The summed E-state index contributed by atoms with van der Waals surface area (Å²) < 4.78 is 2.63. The average Bonchev–Trinajstić information content (AvgIpc) is 3.89. The first-order valence-corrected chi connectivity index (χ1v) is 23.2. The lowest BCUT2D eigenvalue weighted by Crippen LogP contribution is -2.38. The quantitative estimate of drug-likeness (QED) is 0.176. The summed E-state index contributed by atoms with van der Waals surface area (Å²) in [6.07, 6.45) is 0. The van der Waals surface area contributed by atoms with Crippen molar-refractivity contribution in [1.82, 2.24) is 4.57 Å². The second-order valence-corrected chi connectivity index (χ2v) is 21.7. The monoisotopic (exact) mass is 823 g/mol. The van der Waals surface area contributed by atoms with Crippen molar-refractivity contribution in [2.24, 2.45) is 0 Å². The Bertz CT molecular complexity index is 3550. The van der Waals surface area contributed by atoms with E-state index in [0.717, 1.165) is 11.4 Å². The first kappa shape index (κ1) is 37.9. The van der Waals surface area contributed by atoms with E-state index >= 15 is 0 Å². The number of rotatable bonds is 3. The van der Waals surface area contributed by atoms with Crippen LogP contribution in [0.25, 0.3) is 72.0 Å². The fourth-order valence-electron chi connectivity index (χ4n) is 12.5. The molecular formula is C61H52BN2. The maximum Gasteiger partial charge on any atom is 0.197 e. The van der Waals surface area contributed by atoms with Gasteiger partial charge >= 0.3 is 0 Å². The van der Waals surface area contributed by atoms with Crippen LogP contribution >= 0.6 is 0 Å². The lowest BCUT2D eigenvalue weighted by Gasteiger charge is -2.28. The van der Waals surface area contributed by atoms with Gasteiger partial charge in [0.1, 0.15) is 0 Å². The zero-order valence-corrected chi connectivity index (χ0v) is 38.4. The van der Waals surface area contributed by atoms with Crippen LogP contribution in [0.1, 0.15) is 101 Å². The number of aromatic nitrogens is 1. The molecular weight excluding hydrogens is 771 g/mol. The molecule has 1 N–H and O–H groups in total. The molecule has 8 aromatic carbocycles. The number of hydrogen-bond donors (Lipinski definition) is 1. The van der Waals surface area contributed by atoms with Gasteiger partial charge in [0.05, 0.1) is 5.52 Å². The predicted octanol–water partition coefficient (Wildman–Crippen LogP) is 14.4. The highest BCUT2D eigenvalue weighted by Gasteiger charge is 2.41. The predicted molar refractivity (Wildman–Crippen MR) is 272 cm³/mol. The number of hydrogen-bond acceptors (Lipinski definition) is 1. The molecule has 0 fully saturated rings. The second-order valence-electron chi connectivity index (χ2n) is 21.7. The summed E-state index contributed by atoms with van der Waals surface area (Å²) >= 11 is 0. The fourth-order valence-corrected chi connectivity index (χ4v) is 12.5. The van der Waals surface area contributed by atoms with Crippen LogP contribution in [-0.4, -0.2) is 11.8 Å². The molecule has 3 heteroatoms. The van der Waals surface area contributed by atoms with Gasteiger partial charge in [0, 0.05) is 55.2 Å². The van der Waals surface area contributed by atoms with Crippen molar-refractivity contribution in [1.29, 1.82) is 0 Å². The Hall–Kier alpha value is -6.58. The molecule has 0 amide bonds. The number of fused-ring (bicyclic) bond motifs is 14. The van der Waals surface area contributed by atoms with Crippen molar-refractivity contribution < 1.29 is 0 Å². The SMILES string of the molecule is CC(C)(C)c1ccc(Nc2cc3c(cc2-c2ccc4c5cc6c(cc5n5c4c2[B]c2cc4c(cc2-5)-c2ccccc2C4(C)C)-c2ccccc2C6(C)C)-c2ccccc2C3(C)C)cc1. The van der Waals surface area contributed by atoms with E-state index in [1.165, 1.54) is 122 Å². The average molecular weight is 824 g/mol. The molecule has 64 heavy (non-hydrogen) atoms. The van der Waals surface area contributed by atoms with Crippen LogP contribution in [0, 0.1) is 0 Å². The van der Waals surface area contributed by atoms with Crippen molar-refractivity contribution in [3.8, 4) is 50.2 Å². The minimum absolute atomic E-state index is 0.0765. The second kappa shape index (κ2) is 12.4. The maximum atomic E-state index is 4.00. The fraction of sp³-hybridized carbons (Fsp3) is 0.213. The molecule has 0 unspecified atom stereocenters. The molecule has 1 aromatic heterocycles. The summed E-state index contributed by atoms with van der Waals surface area (Å²) in [5, 5.41) is 6.61. The number of nitrogens with one attached hydrogen (secondary N) is 1. The van der Waals surface area contributed by atoms with Crippen molar-refractivity contribution in [2.75, 3.05) is 5.32 Å². The summed E-state index contributed by atoms with van der Waals surface area (Å²) in [7, 11) is 2.52. The molecule has 4 aliphatic rings. The number of benzene rings is 8. The van der Waals surface area contributed by atoms with Gasteiger partial charge in [0.25, 0.3) is 0 Å². The molecule has 0 bridgehead atoms. The number of anilines is 2. The lowest BCUT2D eigenvalue weighted by molar-refractivity contribution is 0.590. The zero-order chi connectivity index (χ0) is 43.8. The van der Waals surface area contributed by atoms with Crippen LogP contribution in [-0.2, 0) is 21.7 Å². The molecule has 0 spiro atoms. The van der Waals surface area contributed by atoms with E-state index in [-0.39, 0.29) is 21.7 Å². The van der Waals surface area contributed by atoms with Gasteiger partial charge in [-0.05, 0) is 131 Å². The van der Waals surface area contributed by atoms with E-state index < -0.39 is 0 Å². The first-order chi connectivity index (χ1) is 30.6. The van der Waals surface area contributed by atoms with Gasteiger partial charge in [-0.3, -0.25) is 0 Å². The Balaban J connectivity index is 1.11. The van der Waals surface area contributed by atoms with Gasteiger partial charge in [-0.1, -0.05) is 171 Å². The standard InChI is InChI=1S/C61H52BN2/c1-58(2,3)34-22-24-35(25-23-34)63-53-33-51-41(36-16-10-13-19-46(36)61(51,8)9)28-44(53)39-26-27-40-45-29-49-42(37-17-11-14-20-47(37)59(49,4)5)30-54(45)64-55-31-43-38-18-12-15-21-48(38)60(6,7)50(43)32-52(55)62-56(39)57(40)64/h10-33,63H,1-9H3. The summed E-state index contributed by atoms with van der Waals surface area (Å²) in [5.41, 5.74) is 28.5. The van der Waals surface area contributed by atoms with Crippen LogP contribution in [0.2, 0.25) is 0 Å². The Kier molecular flexibility index (Phi) is 7.33. The topological polar surface area (TPSA) is 17.0 Å². The van der Waals surface area contributed by atoms with Crippen LogP contribution in [0.5, 0.6) is 0 Å². The zero-order valence-electron chi connectivity index (χ0n) is 38.4. The van der Waals surface area contributed by atoms with E-state index in [1.54, 1.807) is 0 Å². The normalized spacial score (nSPS) is 16.1. The molecule has 309 valence electrons. The molecule has 13 rings (SSSR count). The van der Waals surface area contributed by atoms with Crippen LogP contribution in [0.4, 0.5) is 11.4 Å². The van der Waals surface area contributed by atoms with Crippen molar-refractivity contribution in [2.45, 2.75) is 84.0 Å². The van der Waals surface area contributed by atoms with Gasteiger partial charge in [-0.2, -0.15) is 0 Å². The largest absolute Gasteiger partial charge is 0.355 e. The molecule has 0 saturated heterocycles. The van der Waals surface area contributed by atoms with Crippen LogP contribution in [0.3, 0.4) is 0 Å². The van der Waals surface area contributed by atoms with Crippen molar-refractivity contribution in [3.63, 3.8) is 0 Å². The van der Waals surface area contributed by atoms with Crippen molar-refractivity contribution >= 4 is 51.4 Å². The third-order valence-corrected chi connectivity index (χ3v) is 16.0. The molecule has 3 aliphatic carbocycles. The third-order valence-electron chi connectivity index (χ3n) is 16.0. The van der Waals surface area contributed by atoms with E-state index in [2.05, 4.69) is 225 Å². The minimum atomic E-state index is -0.135. The molecule has 0 saturated carbocycles. The van der Waals surface area contributed by atoms with Crippen LogP contribution < -0.4 is 16.2 Å². The van der Waals surface area contributed by atoms with Crippen molar-refractivity contribution in [3.05, 3.63) is 185 Å². The van der Waals surface area contributed by atoms with Crippen LogP contribution in [0.15, 0.2) is 146 Å². The van der Waals surface area contributed by atoms with Gasteiger partial charge < -0.3 is 9.88 Å². The van der Waals surface area contributed by atoms with E-state index in [4.69, 9.17) is 0 Å². The van der Waals surface area contributed by atoms with Gasteiger partial charge in [-0.25, -0.2) is 0 Å². The Morgan fingerprint density at radius 1 is 0.453 bits per heavy atom. The smallest absolute Gasteiger partial charge is 0.197 e. The minimum Gasteiger partial charge on any atom is -0.355 e. The Morgan fingerprint density at radius 3 is 1.58 bits per heavy atom. The number of nitrogens with zero attached hydrogens (tertiary/aromatic N) is 1. The maximum absolute atomic E-state index is 4.00.